The quantitative estimate of drug-likeness (QED) is 0.808. The van der Waals surface area contributed by atoms with Gasteiger partial charge < -0.3 is 15.8 Å². The summed E-state index contributed by atoms with van der Waals surface area (Å²) in [7, 11) is 0. The average Bonchev–Trinajstić information content (AvgIpc) is 2.43. The highest BCUT2D eigenvalue weighted by atomic mass is 79.9. The van der Waals surface area contributed by atoms with Crippen LogP contribution in [0.3, 0.4) is 0 Å². The molecule has 0 saturated carbocycles. The molecule has 19 heavy (non-hydrogen) atoms. The third-order valence-electron chi connectivity index (χ3n) is 2.95. The minimum atomic E-state index is -0.0976. The summed E-state index contributed by atoms with van der Waals surface area (Å²) in [6.07, 6.45) is 1.85. The molecule has 0 saturated heterocycles. The molecular weight excluding hydrogens is 308 g/mol. The maximum absolute atomic E-state index is 11.7. The van der Waals surface area contributed by atoms with Crippen molar-refractivity contribution in [2.45, 2.75) is 39.3 Å². The molecule has 1 amide bonds. The zero-order valence-corrected chi connectivity index (χ0v) is 13.0. The Morgan fingerprint density at radius 2 is 2.11 bits per heavy atom. The van der Waals surface area contributed by atoms with Crippen LogP contribution in [0.1, 0.15) is 32.3 Å². The molecule has 0 aliphatic heterocycles. The molecule has 0 aliphatic carbocycles. The summed E-state index contributed by atoms with van der Waals surface area (Å²) in [6.45, 7) is 4.50. The van der Waals surface area contributed by atoms with Gasteiger partial charge in [0.2, 0.25) is 0 Å². The summed E-state index contributed by atoms with van der Waals surface area (Å²) in [5.41, 5.74) is 6.53. The molecule has 0 radical (unpaired) electrons. The topological polar surface area (TPSA) is 64.3 Å². The second-order valence-corrected chi connectivity index (χ2v) is 5.24. The van der Waals surface area contributed by atoms with Crippen molar-refractivity contribution in [2.24, 2.45) is 5.73 Å². The molecule has 0 bridgehead atoms. The van der Waals surface area contributed by atoms with Gasteiger partial charge in [-0.15, -0.1) is 0 Å². The average molecular weight is 329 g/mol. The number of ether oxygens (including phenoxy) is 1. The molecular formula is C14H21BrN2O2. The molecule has 0 unspecified atom stereocenters. The van der Waals surface area contributed by atoms with E-state index in [1.165, 1.54) is 0 Å². The normalized spacial score (nSPS) is 10.6. The van der Waals surface area contributed by atoms with Crippen molar-refractivity contribution < 1.29 is 9.53 Å². The largest absolute Gasteiger partial charge is 0.483 e. The molecule has 4 nitrogen and oxygen atoms in total. The molecule has 0 aliphatic rings. The van der Waals surface area contributed by atoms with Gasteiger partial charge in [-0.3, -0.25) is 4.79 Å². The van der Waals surface area contributed by atoms with Gasteiger partial charge in [-0.05, 0) is 31.0 Å². The summed E-state index contributed by atoms with van der Waals surface area (Å²) < 4.78 is 6.47. The Morgan fingerprint density at radius 3 is 2.68 bits per heavy atom. The van der Waals surface area contributed by atoms with E-state index in [4.69, 9.17) is 10.5 Å². The number of carbonyl (C=O) groups is 1. The van der Waals surface area contributed by atoms with Gasteiger partial charge >= 0.3 is 0 Å². The predicted octanol–water partition coefficient (Wildman–Crippen LogP) is 2.59. The highest BCUT2D eigenvalue weighted by Crippen LogP contribution is 2.22. The predicted molar refractivity (Wildman–Crippen MR) is 80.0 cm³/mol. The second kappa shape index (κ2) is 8.17. The number of nitrogens with one attached hydrogen (secondary N) is 1. The number of halogens is 1. The van der Waals surface area contributed by atoms with Crippen molar-refractivity contribution in [1.82, 2.24) is 5.32 Å². The lowest BCUT2D eigenvalue weighted by molar-refractivity contribution is -0.123. The lowest BCUT2D eigenvalue weighted by Crippen LogP contribution is -2.37. The Bertz CT molecular complexity index is 420. The van der Waals surface area contributed by atoms with Gasteiger partial charge in [0.25, 0.3) is 5.91 Å². The standard InChI is InChI=1S/C14H21BrN2O2/c1-3-12(4-2)17-14(18)9-19-13-6-5-11(15)7-10(13)8-16/h5-7,12H,3-4,8-9,16H2,1-2H3,(H,17,18). The smallest absolute Gasteiger partial charge is 0.258 e. The van der Waals surface area contributed by atoms with Crippen LogP contribution in [-0.4, -0.2) is 18.6 Å². The lowest BCUT2D eigenvalue weighted by atomic mass is 10.2. The van der Waals surface area contributed by atoms with E-state index in [0.717, 1.165) is 22.9 Å². The third-order valence-corrected chi connectivity index (χ3v) is 3.45. The molecule has 0 atom stereocenters. The van der Waals surface area contributed by atoms with Crippen molar-refractivity contribution in [2.75, 3.05) is 6.61 Å². The van der Waals surface area contributed by atoms with Crippen LogP contribution < -0.4 is 15.8 Å². The highest BCUT2D eigenvalue weighted by molar-refractivity contribution is 9.10. The van der Waals surface area contributed by atoms with E-state index >= 15 is 0 Å². The Morgan fingerprint density at radius 1 is 1.42 bits per heavy atom. The molecule has 0 heterocycles. The van der Waals surface area contributed by atoms with Gasteiger partial charge in [-0.1, -0.05) is 29.8 Å². The molecule has 0 spiro atoms. The highest BCUT2D eigenvalue weighted by Gasteiger charge is 2.10. The first kappa shape index (κ1) is 16.0. The molecule has 1 aromatic rings. The molecule has 0 aromatic heterocycles. The van der Waals surface area contributed by atoms with E-state index < -0.39 is 0 Å². The molecule has 0 fully saturated rings. The van der Waals surface area contributed by atoms with Crippen LogP contribution in [0, 0.1) is 0 Å². The van der Waals surface area contributed by atoms with Crippen molar-refractivity contribution in [3.05, 3.63) is 28.2 Å². The van der Waals surface area contributed by atoms with Crippen molar-refractivity contribution in [3.63, 3.8) is 0 Å². The van der Waals surface area contributed by atoms with E-state index in [9.17, 15) is 4.79 Å². The fraction of sp³-hybridized carbons (Fsp3) is 0.500. The molecule has 3 N–H and O–H groups in total. The van der Waals surface area contributed by atoms with Gasteiger partial charge in [0.1, 0.15) is 5.75 Å². The van der Waals surface area contributed by atoms with Crippen molar-refractivity contribution >= 4 is 21.8 Å². The number of hydrogen-bond acceptors (Lipinski definition) is 3. The first-order chi connectivity index (χ1) is 9.10. The van der Waals surface area contributed by atoms with Gasteiger partial charge in [0.15, 0.2) is 6.61 Å². The van der Waals surface area contributed by atoms with Crippen LogP contribution in [0.5, 0.6) is 5.75 Å². The number of nitrogens with two attached hydrogens (primary N) is 1. The van der Waals surface area contributed by atoms with E-state index in [2.05, 4.69) is 35.1 Å². The Kier molecular flexibility index (Phi) is 6.87. The van der Waals surface area contributed by atoms with Crippen LogP contribution >= 0.6 is 15.9 Å². The molecule has 1 aromatic carbocycles. The lowest BCUT2D eigenvalue weighted by Gasteiger charge is -2.16. The monoisotopic (exact) mass is 328 g/mol. The summed E-state index contributed by atoms with van der Waals surface area (Å²) in [5.74, 6) is 0.560. The fourth-order valence-electron chi connectivity index (χ4n) is 1.75. The summed E-state index contributed by atoms with van der Waals surface area (Å²) in [5, 5.41) is 2.93. The van der Waals surface area contributed by atoms with Crippen LogP contribution in [-0.2, 0) is 11.3 Å². The minimum Gasteiger partial charge on any atom is -0.483 e. The van der Waals surface area contributed by atoms with Crippen LogP contribution in [0.4, 0.5) is 0 Å². The maximum atomic E-state index is 11.7. The van der Waals surface area contributed by atoms with Crippen LogP contribution in [0.15, 0.2) is 22.7 Å². The molecule has 1 rings (SSSR count). The maximum Gasteiger partial charge on any atom is 0.258 e. The zero-order chi connectivity index (χ0) is 14.3. The number of benzene rings is 1. The first-order valence-corrected chi connectivity index (χ1v) is 7.30. The van der Waals surface area contributed by atoms with Crippen LogP contribution in [0.2, 0.25) is 0 Å². The fourth-order valence-corrected chi connectivity index (χ4v) is 2.16. The number of carbonyl (C=O) groups excluding carboxylic acids is 1. The van der Waals surface area contributed by atoms with Crippen molar-refractivity contribution in [3.8, 4) is 5.75 Å². The van der Waals surface area contributed by atoms with Crippen LogP contribution in [0.25, 0.3) is 0 Å². The number of hydrogen-bond donors (Lipinski definition) is 2. The zero-order valence-electron chi connectivity index (χ0n) is 11.4. The van der Waals surface area contributed by atoms with E-state index in [1.807, 2.05) is 18.2 Å². The summed E-state index contributed by atoms with van der Waals surface area (Å²) in [6, 6.07) is 5.80. The molecule has 106 valence electrons. The Hall–Kier alpha value is -1.07. The minimum absolute atomic E-state index is 0.0190. The first-order valence-electron chi connectivity index (χ1n) is 6.51. The van der Waals surface area contributed by atoms with Gasteiger partial charge in [-0.2, -0.15) is 0 Å². The number of amides is 1. The van der Waals surface area contributed by atoms with E-state index in [0.29, 0.717) is 12.3 Å². The Balaban J connectivity index is 2.54. The van der Waals surface area contributed by atoms with Gasteiger partial charge in [0, 0.05) is 22.6 Å². The summed E-state index contributed by atoms with van der Waals surface area (Å²) in [4.78, 5) is 11.7. The van der Waals surface area contributed by atoms with E-state index in [-0.39, 0.29) is 18.6 Å². The SMILES string of the molecule is CCC(CC)NC(=O)COc1ccc(Br)cc1CN. The molecule has 5 heteroatoms. The summed E-state index contributed by atoms with van der Waals surface area (Å²) >= 11 is 3.38. The second-order valence-electron chi connectivity index (χ2n) is 4.33. The van der Waals surface area contributed by atoms with Crippen molar-refractivity contribution in [1.29, 1.82) is 0 Å². The van der Waals surface area contributed by atoms with Gasteiger partial charge in [0.05, 0.1) is 0 Å². The van der Waals surface area contributed by atoms with Gasteiger partial charge in [-0.25, -0.2) is 0 Å². The Labute approximate surface area is 122 Å². The third kappa shape index (κ3) is 5.20. The number of rotatable bonds is 7. The van der Waals surface area contributed by atoms with E-state index in [1.54, 1.807) is 0 Å².